The molecular formula is C19H21NO. The van der Waals surface area contributed by atoms with Gasteiger partial charge in [0, 0.05) is 11.5 Å². The molecule has 0 bridgehead atoms. The largest absolute Gasteiger partial charge is 0.353 e. The lowest BCUT2D eigenvalue weighted by atomic mass is 9.88. The summed E-state index contributed by atoms with van der Waals surface area (Å²) in [5.41, 5.74) is 3.52. The van der Waals surface area contributed by atoms with E-state index in [2.05, 4.69) is 53.8 Å². The van der Waals surface area contributed by atoms with Crippen LogP contribution in [0.1, 0.15) is 25.8 Å². The summed E-state index contributed by atoms with van der Waals surface area (Å²) in [6.07, 6.45) is 1.82. The van der Waals surface area contributed by atoms with Crippen LogP contribution in [-0.2, 0) is 11.2 Å². The summed E-state index contributed by atoms with van der Waals surface area (Å²) in [6, 6.07) is 19.3. The topological polar surface area (TPSA) is 29.1 Å². The Morgan fingerprint density at radius 2 is 1.62 bits per heavy atom. The number of carbonyl (C=O) groups excluding carboxylic acids is 1. The first-order valence-electron chi connectivity index (χ1n) is 7.50. The molecule has 1 heterocycles. The average Bonchev–Trinajstić information content (AvgIpc) is 2.73. The van der Waals surface area contributed by atoms with E-state index in [0.29, 0.717) is 0 Å². The molecule has 2 aromatic carbocycles. The van der Waals surface area contributed by atoms with E-state index < -0.39 is 0 Å². The van der Waals surface area contributed by atoms with Gasteiger partial charge in [0.05, 0.1) is 0 Å². The highest BCUT2D eigenvalue weighted by Crippen LogP contribution is 2.30. The molecule has 21 heavy (non-hydrogen) atoms. The number of hydrogen-bond acceptors (Lipinski definition) is 1. The van der Waals surface area contributed by atoms with Gasteiger partial charge in [0.2, 0.25) is 5.91 Å². The first-order valence-corrected chi connectivity index (χ1v) is 7.50. The molecule has 1 N–H and O–H groups in total. The Hall–Kier alpha value is -2.09. The summed E-state index contributed by atoms with van der Waals surface area (Å²) in [4.78, 5) is 11.8. The fourth-order valence-corrected chi connectivity index (χ4v) is 3.01. The fraction of sp³-hybridized carbons (Fsp3) is 0.316. The van der Waals surface area contributed by atoms with Crippen LogP contribution in [0.5, 0.6) is 0 Å². The third-order valence-electron chi connectivity index (χ3n) is 4.25. The summed E-state index contributed by atoms with van der Waals surface area (Å²) >= 11 is 0. The van der Waals surface area contributed by atoms with E-state index in [1.54, 1.807) is 0 Å². The molecule has 1 amide bonds. The first-order chi connectivity index (χ1) is 10.0. The van der Waals surface area contributed by atoms with E-state index >= 15 is 0 Å². The third kappa shape index (κ3) is 2.99. The molecule has 2 aromatic rings. The second-order valence-corrected chi connectivity index (χ2v) is 6.53. The summed E-state index contributed by atoms with van der Waals surface area (Å²) in [7, 11) is 0. The van der Waals surface area contributed by atoms with Gasteiger partial charge in [0.1, 0.15) is 0 Å². The Balaban J connectivity index is 1.70. The van der Waals surface area contributed by atoms with Crippen molar-refractivity contribution in [1.82, 2.24) is 5.32 Å². The van der Waals surface area contributed by atoms with Gasteiger partial charge in [-0.25, -0.2) is 0 Å². The zero-order valence-corrected chi connectivity index (χ0v) is 12.6. The minimum atomic E-state index is -0.228. The van der Waals surface area contributed by atoms with E-state index in [-0.39, 0.29) is 17.4 Å². The number of rotatable bonds is 3. The van der Waals surface area contributed by atoms with Gasteiger partial charge in [-0.05, 0) is 29.5 Å². The van der Waals surface area contributed by atoms with Gasteiger partial charge < -0.3 is 5.32 Å². The van der Waals surface area contributed by atoms with Crippen molar-refractivity contribution >= 4 is 5.91 Å². The zero-order chi connectivity index (χ0) is 14.9. The number of hydrogen-bond donors (Lipinski definition) is 1. The Bertz CT molecular complexity index is 628. The SMILES string of the molecule is CC1(C)CC(Cc2ccc(-c3ccccc3)cc2)NC1=O. The molecule has 0 saturated carbocycles. The molecule has 1 aliphatic rings. The lowest BCUT2D eigenvalue weighted by molar-refractivity contribution is -0.126. The van der Waals surface area contributed by atoms with Crippen molar-refractivity contribution in [2.75, 3.05) is 0 Å². The summed E-state index contributed by atoms with van der Waals surface area (Å²) in [5.74, 6) is 0.174. The lowest BCUT2D eigenvalue weighted by Crippen LogP contribution is -2.29. The zero-order valence-electron chi connectivity index (χ0n) is 12.6. The van der Waals surface area contributed by atoms with Crippen LogP contribution in [0.15, 0.2) is 54.6 Å². The Morgan fingerprint density at radius 3 is 2.19 bits per heavy atom. The molecule has 1 aliphatic heterocycles. The van der Waals surface area contributed by atoms with Crippen molar-refractivity contribution in [2.45, 2.75) is 32.7 Å². The van der Waals surface area contributed by atoms with Gasteiger partial charge in [-0.2, -0.15) is 0 Å². The molecule has 2 heteroatoms. The van der Waals surface area contributed by atoms with Crippen LogP contribution in [0.25, 0.3) is 11.1 Å². The second kappa shape index (κ2) is 5.36. The summed E-state index contributed by atoms with van der Waals surface area (Å²) < 4.78 is 0. The maximum Gasteiger partial charge on any atom is 0.225 e. The van der Waals surface area contributed by atoms with Gasteiger partial charge >= 0.3 is 0 Å². The van der Waals surface area contributed by atoms with Crippen LogP contribution >= 0.6 is 0 Å². The van der Waals surface area contributed by atoms with E-state index in [9.17, 15) is 4.79 Å². The standard InChI is InChI=1S/C19H21NO/c1-19(2)13-17(20-18(19)21)12-14-8-10-16(11-9-14)15-6-4-3-5-7-15/h3-11,17H,12-13H2,1-2H3,(H,20,21). The Morgan fingerprint density at radius 1 is 1.00 bits per heavy atom. The lowest BCUT2D eigenvalue weighted by Gasteiger charge is -2.13. The molecule has 108 valence electrons. The highest BCUT2D eigenvalue weighted by atomic mass is 16.2. The third-order valence-corrected chi connectivity index (χ3v) is 4.25. The first kappa shape index (κ1) is 13.9. The molecule has 1 unspecified atom stereocenters. The molecule has 0 spiro atoms. The smallest absolute Gasteiger partial charge is 0.225 e. The Labute approximate surface area is 126 Å². The molecular weight excluding hydrogens is 258 g/mol. The highest BCUT2D eigenvalue weighted by molar-refractivity contribution is 5.84. The molecule has 0 aromatic heterocycles. The van der Waals surface area contributed by atoms with E-state index in [0.717, 1.165) is 12.8 Å². The Kier molecular flexibility index (Phi) is 3.54. The van der Waals surface area contributed by atoms with Gasteiger partial charge in [0.15, 0.2) is 0 Å². The molecule has 1 saturated heterocycles. The minimum absolute atomic E-state index is 0.174. The summed E-state index contributed by atoms with van der Waals surface area (Å²) in [5, 5.41) is 3.10. The van der Waals surface area contributed by atoms with Crippen LogP contribution in [0.2, 0.25) is 0 Å². The van der Waals surface area contributed by atoms with Gasteiger partial charge in [-0.3, -0.25) is 4.79 Å². The number of nitrogens with one attached hydrogen (secondary N) is 1. The van der Waals surface area contributed by atoms with Crippen LogP contribution in [-0.4, -0.2) is 11.9 Å². The minimum Gasteiger partial charge on any atom is -0.353 e. The molecule has 0 radical (unpaired) electrons. The normalized spacial score (nSPS) is 20.3. The van der Waals surface area contributed by atoms with Crippen LogP contribution < -0.4 is 5.32 Å². The van der Waals surface area contributed by atoms with Crippen LogP contribution in [0, 0.1) is 5.41 Å². The van der Waals surface area contributed by atoms with E-state index in [4.69, 9.17) is 0 Å². The maximum atomic E-state index is 11.8. The van der Waals surface area contributed by atoms with Crippen molar-refractivity contribution in [3.8, 4) is 11.1 Å². The van der Waals surface area contributed by atoms with Gasteiger partial charge in [-0.1, -0.05) is 68.4 Å². The quantitative estimate of drug-likeness (QED) is 0.909. The average molecular weight is 279 g/mol. The molecule has 1 fully saturated rings. The summed E-state index contributed by atoms with van der Waals surface area (Å²) in [6.45, 7) is 4.03. The van der Waals surface area contributed by atoms with Crippen molar-refractivity contribution in [1.29, 1.82) is 0 Å². The number of benzene rings is 2. The fourth-order valence-electron chi connectivity index (χ4n) is 3.01. The molecule has 0 aliphatic carbocycles. The van der Waals surface area contributed by atoms with Crippen molar-refractivity contribution < 1.29 is 4.79 Å². The highest BCUT2D eigenvalue weighted by Gasteiger charge is 2.38. The van der Waals surface area contributed by atoms with E-state index in [1.165, 1.54) is 16.7 Å². The monoisotopic (exact) mass is 279 g/mol. The van der Waals surface area contributed by atoms with Crippen LogP contribution in [0.3, 0.4) is 0 Å². The van der Waals surface area contributed by atoms with Crippen molar-refractivity contribution in [3.63, 3.8) is 0 Å². The maximum absolute atomic E-state index is 11.8. The van der Waals surface area contributed by atoms with Gasteiger partial charge in [-0.15, -0.1) is 0 Å². The predicted octanol–water partition coefficient (Wildman–Crippen LogP) is 3.81. The van der Waals surface area contributed by atoms with Gasteiger partial charge in [0.25, 0.3) is 0 Å². The molecule has 2 nitrogen and oxygen atoms in total. The second-order valence-electron chi connectivity index (χ2n) is 6.53. The van der Waals surface area contributed by atoms with Crippen LogP contribution in [0.4, 0.5) is 0 Å². The van der Waals surface area contributed by atoms with Crippen molar-refractivity contribution in [3.05, 3.63) is 60.2 Å². The molecule has 3 rings (SSSR count). The number of amides is 1. The molecule has 1 atom stereocenters. The number of carbonyl (C=O) groups is 1. The van der Waals surface area contributed by atoms with Crippen molar-refractivity contribution in [2.24, 2.45) is 5.41 Å². The van der Waals surface area contributed by atoms with E-state index in [1.807, 2.05) is 19.9 Å². The predicted molar refractivity (Wildman–Crippen MR) is 85.9 cm³/mol.